The minimum atomic E-state index is 0.688. The zero-order valence-electron chi connectivity index (χ0n) is 13.0. The Bertz CT molecular complexity index is 870. The van der Waals surface area contributed by atoms with E-state index in [0.717, 1.165) is 23.6 Å². The Morgan fingerprint density at radius 2 is 1.87 bits per heavy atom. The molecule has 1 heterocycles. The van der Waals surface area contributed by atoms with Gasteiger partial charge in [-0.1, -0.05) is 24.3 Å². The van der Waals surface area contributed by atoms with E-state index in [-0.39, 0.29) is 0 Å². The third-order valence-corrected chi connectivity index (χ3v) is 4.17. The largest absolute Gasteiger partial charge is 0.493 e. The Kier molecular flexibility index (Phi) is 3.19. The number of H-pyrrole nitrogens is 1. The standard InChI is InChI=1S/C18H17N3O2/c1-22-15-8-7-12(10-16(15)23-2)19-18-14-9-11-5-3-4-6-13(11)17(14)20-21-18/h3-8,10H,9H2,1-2H3,(H2,19,20,21). The summed E-state index contributed by atoms with van der Waals surface area (Å²) in [6.07, 6.45) is 0.887. The Morgan fingerprint density at radius 3 is 2.70 bits per heavy atom. The second kappa shape index (κ2) is 5.35. The minimum absolute atomic E-state index is 0.688. The van der Waals surface area contributed by atoms with Crippen LogP contribution in [0.15, 0.2) is 42.5 Å². The number of fused-ring (bicyclic) bond motifs is 3. The summed E-state index contributed by atoms with van der Waals surface area (Å²) in [6, 6.07) is 14.1. The summed E-state index contributed by atoms with van der Waals surface area (Å²) in [5.41, 5.74) is 5.76. The molecule has 0 radical (unpaired) electrons. The molecular formula is C18H17N3O2. The molecule has 23 heavy (non-hydrogen) atoms. The molecule has 0 unspecified atom stereocenters. The van der Waals surface area contributed by atoms with Crippen molar-refractivity contribution in [1.29, 1.82) is 0 Å². The van der Waals surface area contributed by atoms with Crippen LogP contribution in [0.2, 0.25) is 0 Å². The van der Waals surface area contributed by atoms with Gasteiger partial charge in [-0.25, -0.2) is 0 Å². The van der Waals surface area contributed by atoms with Crippen molar-refractivity contribution in [3.8, 4) is 22.8 Å². The summed E-state index contributed by atoms with van der Waals surface area (Å²) in [5, 5.41) is 10.9. The molecule has 1 aliphatic rings. The molecule has 2 aromatic carbocycles. The highest BCUT2D eigenvalue weighted by atomic mass is 16.5. The van der Waals surface area contributed by atoms with Crippen molar-refractivity contribution in [3.63, 3.8) is 0 Å². The maximum absolute atomic E-state index is 5.35. The van der Waals surface area contributed by atoms with Crippen molar-refractivity contribution in [1.82, 2.24) is 10.2 Å². The van der Waals surface area contributed by atoms with Crippen LogP contribution >= 0.6 is 0 Å². The molecule has 0 amide bonds. The van der Waals surface area contributed by atoms with Gasteiger partial charge in [0.2, 0.25) is 0 Å². The maximum Gasteiger partial charge on any atom is 0.162 e. The van der Waals surface area contributed by atoms with Gasteiger partial charge in [0.05, 0.1) is 19.9 Å². The molecule has 0 spiro atoms. The zero-order chi connectivity index (χ0) is 15.8. The van der Waals surface area contributed by atoms with Gasteiger partial charge in [0.1, 0.15) is 0 Å². The number of nitrogens with zero attached hydrogens (tertiary/aromatic N) is 1. The number of anilines is 2. The van der Waals surface area contributed by atoms with Crippen LogP contribution in [-0.4, -0.2) is 24.4 Å². The molecule has 5 nitrogen and oxygen atoms in total. The quantitative estimate of drug-likeness (QED) is 0.603. The van der Waals surface area contributed by atoms with Gasteiger partial charge < -0.3 is 14.8 Å². The molecular weight excluding hydrogens is 290 g/mol. The fourth-order valence-electron chi connectivity index (χ4n) is 3.02. The molecule has 0 bridgehead atoms. The monoisotopic (exact) mass is 307 g/mol. The van der Waals surface area contributed by atoms with Gasteiger partial charge in [0.15, 0.2) is 17.3 Å². The SMILES string of the molecule is COc1ccc(Nc2n[nH]c3c2Cc2ccccc2-3)cc1OC. The molecule has 0 saturated carbocycles. The number of ether oxygens (including phenoxy) is 2. The summed E-state index contributed by atoms with van der Waals surface area (Å²) in [6.45, 7) is 0. The van der Waals surface area contributed by atoms with E-state index < -0.39 is 0 Å². The number of hydrogen-bond donors (Lipinski definition) is 2. The number of aromatic amines is 1. The van der Waals surface area contributed by atoms with Crippen molar-refractivity contribution in [2.45, 2.75) is 6.42 Å². The Labute approximate surface area is 134 Å². The van der Waals surface area contributed by atoms with Gasteiger partial charge in [-0.2, -0.15) is 5.10 Å². The topological polar surface area (TPSA) is 59.2 Å². The first kappa shape index (κ1) is 13.7. The normalized spacial score (nSPS) is 11.7. The van der Waals surface area contributed by atoms with E-state index in [2.05, 4.69) is 39.8 Å². The van der Waals surface area contributed by atoms with Gasteiger partial charge in [-0.15, -0.1) is 0 Å². The number of nitrogens with one attached hydrogen (secondary N) is 2. The van der Waals surface area contributed by atoms with E-state index in [1.165, 1.54) is 16.7 Å². The fraction of sp³-hybridized carbons (Fsp3) is 0.167. The number of aromatic nitrogens is 2. The van der Waals surface area contributed by atoms with Crippen molar-refractivity contribution in [3.05, 3.63) is 53.6 Å². The average molecular weight is 307 g/mol. The molecule has 4 rings (SSSR count). The lowest BCUT2D eigenvalue weighted by atomic mass is 10.1. The summed E-state index contributed by atoms with van der Waals surface area (Å²) in [5.74, 6) is 2.24. The Balaban J connectivity index is 1.66. The van der Waals surface area contributed by atoms with Gasteiger partial charge in [-0.3, -0.25) is 5.10 Å². The lowest BCUT2D eigenvalue weighted by Crippen LogP contribution is -1.96. The number of hydrogen-bond acceptors (Lipinski definition) is 4. The fourth-order valence-corrected chi connectivity index (χ4v) is 3.02. The molecule has 0 fully saturated rings. The van der Waals surface area contributed by atoms with Crippen molar-refractivity contribution in [2.24, 2.45) is 0 Å². The molecule has 1 aromatic heterocycles. The minimum Gasteiger partial charge on any atom is -0.493 e. The zero-order valence-corrected chi connectivity index (χ0v) is 13.0. The maximum atomic E-state index is 5.35. The summed E-state index contributed by atoms with van der Waals surface area (Å²) < 4.78 is 10.6. The van der Waals surface area contributed by atoms with Crippen LogP contribution in [-0.2, 0) is 6.42 Å². The van der Waals surface area contributed by atoms with Gasteiger partial charge in [0.25, 0.3) is 0 Å². The molecule has 1 aliphatic carbocycles. The van der Waals surface area contributed by atoms with E-state index in [9.17, 15) is 0 Å². The van der Waals surface area contributed by atoms with Crippen LogP contribution in [0.1, 0.15) is 11.1 Å². The van der Waals surface area contributed by atoms with Crippen molar-refractivity contribution in [2.75, 3.05) is 19.5 Å². The highest BCUT2D eigenvalue weighted by Crippen LogP contribution is 2.39. The van der Waals surface area contributed by atoms with Gasteiger partial charge >= 0.3 is 0 Å². The predicted octanol–water partition coefficient (Wildman–Crippen LogP) is 3.74. The summed E-state index contributed by atoms with van der Waals surface area (Å²) in [4.78, 5) is 0. The van der Waals surface area contributed by atoms with Gasteiger partial charge in [-0.05, 0) is 17.7 Å². The summed E-state index contributed by atoms with van der Waals surface area (Å²) in [7, 11) is 3.26. The Hall–Kier alpha value is -2.95. The number of methoxy groups -OCH3 is 2. The average Bonchev–Trinajstić information content (AvgIpc) is 3.14. The number of benzene rings is 2. The van der Waals surface area contributed by atoms with Crippen LogP contribution in [0.3, 0.4) is 0 Å². The third kappa shape index (κ3) is 2.21. The van der Waals surface area contributed by atoms with Crippen LogP contribution in [0.25, 0.3) is 11.3 Å². The highest BCUT2D eigenvalue weighted by Gasteiger charge is 2.24. The third-order valence-electron chi connectivity index (χ3n) is 4.17. The predicted molar refractivity (Wildman–Crippen MR) is 89.7 cm³/mol. The van der Waals surface area contributed by atoms with E-state index in [4.69, 9.17) is 9.47 Å². The molecule has 5 heteroatoms. The van der Waals surface area contributed by atoms with Crippen molar-refractivity contribution >= 4 is 11.5 Å². The van der Waals surface area contributed by atoms with Gasteiger partial charge in [0, 0.05) is 29.3 Å². The summed E-state index contributed by atoms with van der Waals surface area (Å²) >= 11 is 0. The van der Waals surface area contributed by atoms with E-state index >= 15 is 0 Å². The second-order valence-electron chi connectivity index (χ2n) is 5.45. The van der Waals surface area contributed by atoms with Crippen molar-refractivity contribution < 1.29 is 9.47 Å². The Morgan fingerprint density at radius 1 is 1.04 bits per heavy atom. The van der Waals surface area contributed by atoms with Crippen LogP contribution in [0, 0.1) is 0 Å². The van der Waals surface area contributed by atoms with Crippen LogP contribution in [0.4, 0.5) is 11.5 Å². The first-order chi connectivity index (χ1) is 11.3. The van der Waals surface area contributed by atoms with E-state index in [1.807, 2.05) is 18.2 Å². The van der Waals surface area contributed by atoms with Crippen LogP contribution in [0.5, 0.6) is 11.5 Å². The molecule has 0 atom stereocenters. The second-order valence-corrected chi connectivity index (χ2v) is 5.45. The van der Waals surface area contributed by atoms with E-state index in [1.54, 1.807) is 14.2 Å². The highest BCUT2D eigenvalue weighted by molar-refractivity contribution is 5.79. The molecule has 3 aromatic rings. The smallest absolute Gasteiger partial charge is 0.162 e. The van der Waals surface area contributed by atoms with E-state index in [0.29, 0.717) is 11.5 Å². The molecule has 0 saturated heterocycles. The molecule has 116 valence electrons. The molecule has 2 N–H and O–H groups in total. The lowest BCUT2D eigenvalue weighted by molar-refractivity contribution is 0.355. The first-order valence-electron chi connectivity index (χ1n) is 7.44. The van der Waals surface area contributed by atoms with Crippen LogP contribution < -0.4 is 14.8 Å². The number of rotatable bonds is 4. The first-order valence-corrected chi connectivity index (χ1v) is 7.44. The molecule has 0 aliphatic heterocycles. The lowest BCUT2D eigenvalue weighted by Gasteiger charge is -2.10.